The molecule has 8 heteroatoms. The topological polar surface area (TPSA) is 67.8 Å². The number of hydrogen-bond acceptors (Lipinski definition) is 5. The zero-order valence-electron chi connectivity index (χ0n) is 8.57. The molecule has 1 N–H and O–H groups in total. The second kappa shape index (κ2) is 4.95. The van der Waals surface area contributed by atoms with Gasteiger partial charge in [-0.15, -0.1) is 10.2 Å². The number of nitrogens with one attached hydrogen (secondary N) is 1. The van der Waals surface area contributed by atoms with Crippen LogP contribution in [0.5, 0.6) is 0 Å². The van der Waals surface area contributed by atoms with Crippen molar-refractivity contribution in [2.45, 2.75) is 6.92 Å². The number of carbonyl (C=O) groups excluding carboxylic acids is 1. The van der Waals surface area contributed by atoms with Crippen LogP contribution in [0.15, 0.2) is 12.1 Å². The van der Waals surface area contributed by atoms with E-state index in [0.29, 0.717) is 5.13 Å². The van der Waals surface area contributed by atoms with Crippen LogP contribution in [0, 0.1) is 6.92 Å². The van der Waals surface area contributed by atoms with E-state index in [0.717, 1.165) is 5.01 Å². The smallest absolute Gasteiger partial charge is 0.277 e. The first kappa shape index (κ1) is 12.2. The van der Waals surface area contributed by atoms with E-state index < -0.39 is 5.91 Å². The lowest BCUT2D eigenvalue weighted by Crippen LogP contribution is -2.14. The fraction of sp³-hybridized carbons (Fsp3) is 0.111. The van der Waals surface area contributed by atoms with Crippen LogP contribution in [-0.4, -0.2) is 21.1 Å². The Balaban J connectivity index is 2.22. The van der Waals surface area contributed by atoms with Crippen molar-refractivity contribution in [3.05, 3.63) is 33.0 Å². The zero-order chi connectivity index (χ0) is 12.4. The van der Waals surface area contributed by atoms with Gasteiger partial charge in [-0.1, -0.05) is 34.5 Å². The molecule has 0 aromatic carbocycles. The van der Waals surface area contributed by atoms with Gasteiger partial charge in [0.25, 0.3) is 5.91 Å². The Labute approximate surface area is 111 Å². The molecule has 0 aliphatic rings. The largest absolute Gasteiger partial charge is 0.295 e. The third kappa shape index (κ3) is 2.91. The average molecular weight is 289 g/mol. The zero-order valence-corrected chi connectivity index (χ0v) is 10.9. The van der Waals surface area contributed by atoms with Crippen molar-refractivity contribution in [1.82, 2.24) is 15.2 Å². The average Bonchev–Trinajstić information content (AvgIpc) is 2.67. The highest BCUT2D eigenvalue weighted by Crippen LogP contribution is 2.19. The van der Waals surface area contributed by atoms with Gasteiger partial charge in [-0.2, -0.15) is 0 Å². The number of rotatable bonds is 2. The highest BCUT2D eigenvalue weighted by atomic mass is 35.5. The predicted molar refractivity (Wildman–Crippen MR) is 66.9 cm³/mol. The molecule has 0 saturated carbocycles. The number of halogens is 2. The number of anilines is 1. The minimum absolute atomic E-state index is 0.0621. The lowest BCUT2D eigenvalue weighted by Gasteiger charge is -2.02. The minimum Gasteiger partial charge on any atom is -0.295 e. The summed E-state index contributed by atoms with van der Waals surface area (Å²) in [6, 6.07) is 3.02. The van der Waals surface area contributed by atoms with Gasteiger partial charge in [0.2, 0.25) is 5.13 Å². The van der Waals surface area contributed by atoms with Gasteiger partial charge in [0, 0.05) is 0 Å². The summed E-state index contributed by atoms with van der Waals surface area (Å²) >= 11 is 12.8. The first-order valence-electron chi connectivity index (χ1n) is 4.50. The van der Waals surface area contributed by atoms with Gasteiger partial charge >= 0.3 is 0 Å². The maximum Gasteiger partial charge on any atom is 0.277 e. The Bertz CT molecular complexity index is 572. The molecular formula is C9H6Cl2N4OS. The van der Waals surface area contributed by atoms with Crippen molar-refractivity contribution in [2.24, 2.45) is 0 Å². The van der Waals surface area contributed by atoms with Crippen molar-refractivity contribution in [3.63, 3.8) is 0 Å². The van der Waals surface area contributed by atoms with E-state index in [1.165, 1.54) is 23.5 Å². The third-order valence-electron chi connectivity index (χ3n) is 1.77. The molecule has 0 unspecified atom stereocenters. The number of nitrogens with zero attached hydrogens (tertiary/aromatic N) is 3. The van der Waals surface area contributed by atoms with Gasteiger partial charge < -0.3 is 0 Å². The van der Waals surface area contributed by atoms with E-state index in [2.05, 4.69) is 20.5 Å². The van der Waals surface area contributed by atoms with Gasteiger partial charge in [0.1, 0.15) is 15.9 Å². The van der Waals surface area contributed by atoms with Crippen molar-refractivity contribution in [2.75, 3.05) is 5.32 Å². The molecule has 1 amide bonds. The molecular weight excluding hydrogens is 283 g/mol. The molecule has 0 fully saturated rings. The molecule has 0 atom stereocenters. The molecule has 88 valence electrons. The summed E-state index contributed by atoms with van der Waals surface area (Å²) in [6.07, 6.45) is 0. The number of aryl methyl sites for hydroxylation is 1. The summed E-state index contributed by atoms with van der Waals surface area (Å²) in [6.45, 7) is 1.79. The van der Waals surface area contributed by atoms with Crippen LogP contribution in [0.1, 0.15) is 15.5 Å². The van der Waals surface area contributed by atoms with Crippen LogP contribution in [-0.2, 0) is 0 Å². The quantitative estimate of drug-likeness (QED) is 0.863. The fourth-order valence-electron chi connectivity index (χ4n) is 1.08. The Kier molecular flexibility index (Phi) is 3.56. The Morgan fingerprint density at radius 1 is 1.35 bits per heavy atom. The third-order valence-corrected chi connectivity index (χ3v) is 3.04. The van der Waals surface area contributed by atoms with Crippen molar-refractivity contribution >= 4 is 45.6 Å². The summed E-state index contributed by atoms with van der Waals surface area (Å²) in [5.74, 6) is -0.464. The van der Waals surface area contributed by atoms with Crippen molar-refractivity contribution in [1.29, 1.82) is 0 Å². The number of aromatic nitrogens is 3. The minimum atomic E-state index is -0.464. The number of hydrogen-bond donors (Lipinski definition) is 1. The fourth-order valence-corrected chi connectivity index (χ4v) is 2.01. The molecule has 5 nitrogen and oxygen atoms in total. The summed E-state index contributed by atoms with van der Waals surface area (Å²) in [5, 5.41) is 11.7. The summed E-state index contributed by atoms with van der Waals surface area (Å²) in [5.41, 5.74) is 0.0621. The highest BCUT2D eigenvalue weighted by molar-refractivity contribution is 7.15. The summed E-state index contributed by atoms with van der Waals surface area (Å²) in [4.78, 5) is 15.7. The first-order valence-corrected chi connectivity index (χ1v) is 6.07. The molecule has 2 aromatic heterocycles. The SMILES string of the molecule is Cc1nnc(NC(=O)c2nc(Cl)ccc2Cl)s1. The van der Waals surface area contributed by atoms with Crippen LogP contribution in [0.25, 0.3) is 0 Å². The Hall–Kier alpha value is -1.24. The van der Waals surface area contributed by atoms with E-state index in [1.807, 2.05) is 0 Å². The first-order chi connectivity index (χ1) is 8.06. The summed E-state index contributed by atoms with van der Waals surface area (Å²) in [7, 11) is 0. The molecule has 2 aromatic rings. The number of pyridine rings is 1. The van der Waals surface area contributed by atoms with Gasteiger partial charge in [-0.3, -0.25) is 10.1 Å². The second-order valence-corrected chi connectivity index (χ2v) is 5.02. The normalized spacial score (nSPS) is 10.3. The monoisotopic (exact) mass is 288 g/mol. The van der Waals surface area contributed by atoms with E-state index in [9.17, 15) is 4.79 Å². The van der Waals surface area contributed by atoms with Crippen molar-refractivity contribution in [3.8, 4) is 0 Å². The van der Waals surface area contributed by atoms with E-state index in [-0.39, 0.29) is 15.9 Å². The molecule has 0 saturated heterocycles. The van der Waals surface area contributed by atoms with E-state index >= 15 is 0 Å². The molecule has 0 aliphatic heterocycles. The summed E-state index contributed by atoms with van der Waals surface area (Å²) < 4.78 is 0. The second-order valence-electron chi connectivity index (χ2n) is 3.04. The Morgan fingerprint density at radius 2 is 2.12 bits per heavy atom. The van der Waals surface area contributed by atoms with Crippen LogP contribution < -0.4 is 5.32 Å². The highest BCUT2D eigenvalue weighted by Gasteiger charge is 2.14. The van der Waals surface area contributed by atoms with E-state index in [4.69, 9.17) is 23.2 Å². The lowest BCUT2D eigenvalue weighted by molar-refractivity contribution is 0.102. The van der Waals surface area contributed by atoms with Crippen LogP contribution in [0.4, 0.5) is 5.13 Å². The van der Waals surface area contributed by atoms with E-state index in [1.54, 1.807) is 6.92 Å². The van der Waals surface area contributed by atoms with Gasteiger partial charge in [-0.05, 0) is 19.1 Å². The lowest BCUT2D eigenvalue weighted by atomic mass is 10.3. The molecule has 0 radical (unpaired) electrons. The molecule has 0 bridgehead atoms. The molecule has 2 rings (SSSR count). The van der Waals surface area contributed by atoms with Crippen LogP contribution in [0.3, 0.4) is 0 Å². The molecule has 17 heavy (non-hydrogen) atoms. The van der Waals surface area contributed by atoms with Gasteiger partial charge in [0.05, 0.1) is 5.02 Å². The number of amides is 1. The maximum absolute atomic E-state index is 11.8. The predicted octanol–water partition coefficient (Wildman–Crippen LogP) is 2.80. The van der Waals surface area contributed by atoms with Gasteiger partial charge in [0.15, 0.2) is 0 Å². The maximum atomic E-state index is 11.8. The van der Waals surface area contributed by atoms with Crippen LogP contribution >= 0.6 is 34.5 Å². The van der Waals surface area contributed by atoms with Crippen molar-refractivity contribution < 1.29 is 4.79 Å². The number of carbonyl (C=O) groups is 1. The standard InChI is InChI=1S/C9H6Cl2N4OS/c1-4-14-15-9(17-4)13-8(16)7-5(10)2-3-6(11)12-7/h2-3H,1H3,(H,13,15,16). The molecule has 0 aliphatic carbocycles. The van der Waals surface area contributed by atoms with Gasteiger partial charge in [-0.25, -0.2) is 4.98 Å². The molecule has 0 spiro atoms. The Morgan fingerprint density at radius 3 is 2.76 bits per heavy atom. The molecule has 2 heterocycles. The van der Waals surface area contributed by atoms with Crippen LogP contribution in [0.2, 0.25) is 10.2 Å².